The lowest BCUT2D eigenvalue weighted by atomic mass is 9.43. The average Bonchev–Trinajstić information content (AvgIpc) is 3.47. The minimum Gasteiger partial charge on any atom is -0.484 e. The van der Waals surface area contributed by atoms with Gasteiger partial charge >= 0.3 is 0 Å². The molecular weight excluding hydrogens is 544 g/mol. The molecule has 7 saturated carbocycles. The van der Waals surface area contributed by atoms with Crippen LogP contribution < -0.4 is 0 Å². The van der Waals surface area contributed by atoms with Crippen molar-refractivity contribution in [3.63, 3.8) is 0 Å². The van der Waals surface area contributed by atoms with E-state index < -0.39 is 5.60 Å². The van der Waals surface area contributed by atoms with Gasteiger partial charge < -0.3 is 14.9 Å². The van der Waals surface area contributed by atoms with Crippen molar-refractivity contribution in [1.82, 2.24) is 0 Å². The third-order valence-corrected chi connectivity index (χ3v) is 18.2. The van der Waals surface area contributed by atoms with Crippen molar-refractivity contribution < 1.29 is 19.7 Å². The Morgan fingerprint density at radius 3 is 1.77 bits per heavy atom. The Morgan fingerprint density at radius 1 is 0.614 bits per heavy atom. The first-order valence-electron chi connectivity index (χ1n) is 19.2. The molecule has 0 aromatic heterocycles. The smallest absolute Gasteiger partial charge is 0.176 e. The third-order valence-electron chi connectivity index (χ3n) is 18.2. The molecule has 244 valence electrons. The molecule has 0 aromatic rings. The topological polar surface area (TPSA) is 66.8 Å². The van der Waals surface area contributed by atoms with Crippen molar-refractivity contribution in [1.29, 1.82) is 0 Å². The van der Waals surface area contributed by atoms with Crippen LogP contribution in [0.4, 0.5) is 0 Å². The molecule has 15 atom stereocenters. The van der Waals surface area contributed by atoms with E-state index in [0.29, 0.717) is 46.7 Å². The van der Waals surface area contributed by atoms with Crippen LogP contribution in [0.5, 0.6) is 0 Å². The van der Waals surface area contributed by atoms with Crippen molar-refractivity contribution >= 4 is 5.78 Å². The standard InChI is InChI=1S/C40H60O4/c1-36-16-14-30-26(28(36)9-11-33(36)41)7-5-24-19-32-23(21-38(24,30)3)13-18-40(44-32)22-39(4)25(20-35(40)43)6-8-27-29-10-12-34(42)37(29,2)17-15-31(27)39/h24-31,33-34,41-42H,5-22H2,1-4H3/t24-,25-,26-,27-,28-,29+,30-,31-,33+,34-,36-,37-,38-,39-,40+/m0/s1. The Hall–Kier alpha value is -0.870. The summed E-state index contributed by atoms with van der Waals surface area (Å²) in [6, 6.07) is 0. The number of aliphatic hydroxyl groups is 2. The highest BCUT2D eigenvalue weighted by molar-refractivity contribution is 5.89. The molecule has 9 aliphatic rings. The summed E-state index contributed by atoms with van der Waals surface area (Å²) in [6.45, 7) is 9.99. The lowest BCUT2D eigenvalue weighted by Crippen LogP contribution is -2.61. The van der Waals surface area contributed by atoms with E-state index in [4.69, 9.17) is 4.74 Å². The molecule has 1 aliphatic heterocycles. The van der Waals surface area contributed by atoms with E-state index in [-0.39, 0.29) is 28.5 Å². The van der Waals surface area contributed by atoms with Gasteiger partial charge in [0.2, 0.25) is 0 Å². The lowest BCUT2D eigenvalue weighted by molar-refractivity contribution is -0.186. The molecule has 44 heavy (non-hydrogen) atoms. The van der Waals surface area contributed by atoms with Crippen LogP contribution in [-0.2, 0) is 9.53 Å². The number of hydrogen-bond donors (Lipinski definition) is 2. The number of carbonyl (C=O) groups excluding carboxylic acids is 1. The summed E-state index contributed by atoms with van der Waals surface area (Å²) in [5.41, 5.74) is 1.73. The van der Waals surface area contributed by atoms with E-state index in [1.807, 2.05) is 0 Å². The molecule has 8 aliphatic carbocycles. The predicted octanol–water partition coefficient (Wildman–Crippen LogP) is 8.39. The van der Waals surface area contributed by atoms with Crippen LogP contribution in [0, 0.1) is 69.0 Å². The summed E-state index contributed by atoms with van der Waals surface area (Å²) in [7, 11) is 0. The molecule has 0 aromatic carbocycles. The summed E-state index contributed by atoms with van der Waals surface area (Å²) < 4.78 is 7.24. The first kappa shape index (κ1) is 29.3. The van der Waals surface area contributed by atoms with Gasteiger partial charge in [-0.15, -0.1) is 0 Å². The van der Waals surface area contributed by atoms with E-state index >= 15 is 0 Å². The lowest BCUT2D eigenvalue weighted by Gasteiger charge is -2.63. The number of hydrogen-bond acceptors (Lipinski definition) is 4. The first-order chi connectivity index (χ1) is 20.9. The van der Waals surface area contributed by atoms with Crippen LogP contribution >= 0.6 is 0 Å². The van der Waals surface area contributed by atoms with Crippen LogP contribution in [0.2, 0.25) is 0 Å². The largest absolute Gasteiger partial charge is 0.484 e. The zero-order valence-corrected chi connectivity index (χ0v) is 28.2. The summed E-state index contributed by atoms with van der Waals surface area (Å²) in [5.74, 6) is 7.12. The van der Waals surface area contributed by atoms with Crippen molar-refractivity contribution in [2.75, 3.05) is 0 Å². The van der Waals surface area contributed by atoms with Gasteiger partial charge in [0.15, 0.2) is 11.4 Å². The van der Waals surface area contributed by atoms with Crippen LogP contribution in [-0.4, -0.2) is 33.8 Å². The maximum atomic E-state index is 14.2. The summed E-state index contributed by atoms with van der Waals surface area (Å²) in [6.07, 6.45) is 19.9. The van der Waals surface area contributed by atoms with Crippen molar-refractivity contribution in [2.24, 2.45) is 69.0 Å². The van der Waals surface area contributed by atoms with E-state index in [2.05, 4.69) is 27.7 Å². The first-order valence-corrected chi connectivity index (χ1v) is 19.2. The Balaban J connectivity index is 0.976. The second kappa shape index (κ2) is 9.39. The van der Waals surface area contributed by atoms with E-state index in [9.17, 15) is 15.0 Å². The van der Waals surface area contributed by atoms with Crippen molar-refractivity contribution in [3.8, 4) is 0 Å². The predicted molar refractivity (Wildman–Crippen MR) is 171 cm³/mol. The minimum atomic E-state index is -0.598. The zero-order valence-electron chi connectivity index (χ0n) is 28.2. The average molecular weight is 605 g/mol. The normalized spacial score (nSPS) is 59.5. The molecular formula is C40H60O4. The third kappa shape index (κ3) is 3.63. The van der Waals surface area contributed by atoms with Gasteiger partial charge in [-0.3, -0.25) is 4.79 Å². The molecule has 7 fully saturated rings. The SMILES string of the molecule is C[C@]12CC[C@H]3[C@@H](CC[C@H]4CC(=O)[C@@]5(CCC6=C(C[C@@H]7CC[C@@H]8[C@H](CC[C@]9(C)[C@H](O)CC[C@@H]89)[C@@]7(C)C6)O5)C[C@@]43C)[C@H]1CC[C@@H]2O. The number of allylic oxidation sites excluding steroid dienone is 2. The number of carbonyl (C=O) groups is 1. The molecule has 4 heteroatoms. The Labute approximate surface area is 266 Å². The van der Waals surface area contributed by atoms with Gasteiger partial charge in [-0.1, -0.05) is 27.7 Å². The monoisotopic (exact) mass is 604 g/mol. The summed E-state index contributed by atoms with van der Waals surface area (Å²) in [4.78, 5) is 14.2. The highest BCUT2D eigenvalue weighted by atomic mass is 16.5. The van der Waals surface area contributed by atoms with Gasteiger partial charge in [0.25, 0.3) is 0 Å². The second-order valence-corrected chi connectivity index (χ2v) is 19.4. The van der Waals surface area contributed by atoms with Gasteiger partial charge in [-0.2, -0.15) is 0 Å². The fraction of sp³-hybridized carbons (Fsp3) is 0.925. The van der Waals surface area contributed by atoms with Crippen molar-refractivity contribution in [2.45, 2.75) is 161 Å². The summed E-state index contributed by atoms with van der Waals surface area (Å²) in [5, 5.41) is 21.9. The van der Waals surface area contributed by atoms with E-state index in [1.54, 1.807) is 5.57 Å². The summed E-state index contributed by atoms with van der Waals surface area (Å²) >= 11 is 0. The highest BCUT2D eigenvalue weighted by Gasteiger charge is 2.66. The number of aliphatic hydroxyl groups excluding tert-OH is 2. The van der Waals surface area contributed by atoms with Gasteiger partial charge in [0.1, 0.15) is 0 Å². The van der Waals surface area contributed by atoms with Gasteiger partial charge in [0.05, 0.1) is 18.0 Å². The molecule has 1 spiro atoms. The molecule has 1 heterocycles. The quantitative estimate of drug-likeness (QED) is 0.291. The number of ketones is 1. The number of rotatable bonds is 0. The van der Waals surface area contributed by atoms with Crippen LogP contribution in [0.1, 0.15) is 143 Å². The van der Waals surface area contributed by atoms with E-state index in [1.165, 1.54) is 70.0 Å². The van der Waals surface area contributed by atoms with E-state index in [0.717, 1.165) is 63.2 Å². The van der Waals surface area contributed by atoms with Gasteiger partial charge in [-0.25, -0.2) is 0 Å². The number of Topliss-reactive ketones (excluding diaryl/α,β-unsaturated/α-hetero) is 1. The fourth-order valence-corrected chi connectivity index (χ4v) is 15.6. The van der Waals surface area contributed by atoms with Crippen LogP contribution in [0.3, 0.4) is 0 Å². The highest BCUT2D eigenvalue weighted by Crippen LogP contribution is 2.70. The maximum absolute atomic E-state index is 14.2. The molecule has 0 amide bonds. The number of ether oxygens (including phenoxy) is 1. The minimum absolute atomic E-state index is 0.0978. The fourth-order valence-electron chi connectivity index (χ4n) is 15.6. The molecule has 0 saturated heterocycles. The molecule has 9 rings (SSSR count). The molecule has 2 N–H and O–H groups in total. The Kier molecular flexibility index (Phi) is 6.25. The van der Waals surface area contributed by atoms with Crippen LogP contribution in [0.25, 0.3) is 0 Å². The molecule has 4 nitrogen and oxygen atoms in total. The molecule has 0 bridgehead atoms. The molecule has 0 radical (unpaired) electrons. The second-order valence-electron chi connectivity index (χ2n) is 19.4. The van der Waals surface area contributed by atoms with Gasteiger partial charge in [-0.05, 0) is 171 Å². The van der Waals surface area contributed by atoms with Crippen molar-refractivity contribution in [3.05, 3.63) is 11.3 Å². The number of fused-ring (bicyclic) bond motifs is 10. The maximum Gasteiger partial charge on any atom is 0.176 e. The van der Waals surface area contributed by atoms with Crippen LogP contribution in [0.15, 0.2) is 11.3 Å². The molecule has 0 unspecified atom stereocenters. The Morgan fingerprint density at radius 2 is 1.16 bits per heavy atom. The zero-order chi connectivity index (χ0) is 30.4. The van der Waals surface area contributed by atoms with Gasteiger partial charge in [0, 0.05) is 19.3 Å². The Bertz CT molecular complexity index is 1270.